The third-order valence-electron chi connectivity index (χ3n) is 4.88. The molecule has 2 rings (SSSR count). The highest BCUT2D eigenvalue weighted by Crippen LogP contribution is 2.43. The molecular weight excluding hydrogens is 375 g/mol. The molecule has 1 aromatic carbocycles. The summed E-state index contributed by atoms with van der Waals surface area (Å²) < 4.78 is 11.3. The Labute approximate surface area is 185 Å². The van der Waals surface area contributed by atoms with Crippen LogP contribution >= 0.6 is 0 Å². The van der Waals surface area contributed by atoms with Crippen molar-refractivity contribution in [1.29, 1.82) is 0 Å². The van der Waals surface area contributed by atoms with E-state index in [1.54, 1.807) is 20.3 Å². The van der Waals surface area contributed by atoms with E-state index < -0.39 is 5.69 Å². The molecule has 0 amide bonds. The van der Waals surface area contributed by atoms with E-state index in [4.69, 9.17) is 17.3 Å². The number of aryl methyl sites for hydroxylation is 1. The topological polar surface area (TPSA) is 58.9 Å². The number of benzene rings is 1. The van der Waals surface area contributed by atoms with Crippen LogP contribution < -0.4 is 9.47 Å². The van der Waals surface area contributed by atoms with Gasteiger partial charge in [0.2, 0.25) is 0 Å². The Morgan fingerprint density at radius 2 is 1.70 bits per heavy atom. The van der Waals surface area contributed by atoms with Crippen molar-refractivity contribution in [1.82, 2.24) is 0 Å². The molecule has 2 radical (unpaired) electrons. The van der Waals surface area contributed by atoms with Crippen LogP contribution in [0.1, 0.15) is 83.3 Å². The highest BCUT2D eigenvalue weighted by Gasteiger charge is 2.29. The summed E-state index contributed by atoms with van der Waals surface area (Å²) >= 11 is 0. The van der Waals surface area contributed by atoms with Crippen LogP contribution in [0.15, 0.2) is 36.4 Å². The minimum absolute atomic E-state index is 0.0134. The maximum Gasteiger partial charge on any atom is 0.160 e. The molecule has 0 fully saturated rings. The zero-order valence-electron chi connectivity index (χ0n) is 19.8. The van der Waals surface area contributed by atoms with Gasteiger partial charge in [-0.15, -0.1) is 6.58 Å². The summed E-state index contributed by atoms with van der Waals surface area (Å²) in [6, 6.07) is 4.15. The molecule has 0 saturated carbocycles. The van der Waals surface area contributed by atoms with Gasteiger partial charge in [0, 0.05) is 11.5 Å². The quantitative estimate of drug-likeness (QED) is 0.249. The van der Waals surface area contributed by atoms with Crippen LogP contribution in [0.5, 0.6) is 11.5 Å². The van der Waals surface area contributed by atoms with Crippen LogP contribution in [-0.2, 0) is 6.42 Å². The number of unbranched alkanes of at least 4 members (excludes halogenated alkanes) is 2. The van der Waals surface area contributed by atoms with Crippen molar-refractivity contribution < 1.29 is 19.7 Å². The Bertz CT molecular complexity index is 622. The van der Waals surface area contributed by atoms with Gasteiger partial charge in [-0.1, -0.05) is 45.8 Å². The molecule has 0 aliphatic heterocycles. The smallest absolute Gasteiger partial charge is 0.160 e. The van der Waals surface area contributed by atoms with Crippen LogP contribution in [0.25, 0.3) is 0 Å². The zero-order valence-corrected chi connectivity index (χ0v) is 19.8. The van der Waals surface area contributed by atoms with E-state index in [2.05, 4.69) is 25.6 Å². The van der Waals surface area contributed by atoms with Crippen molar-refractivity contribution in [3.63, 3.8) is 0 Å². The predicted octanol–water partition coefficient (Wildman–Crippen LogP) is 5.66. The Kier molecular flexibility index (Phi) is 14.3. The van der Waals surface area contributed by atoms with Crippen molar-refractivity contribution in [2.45, 2.75) is 84.2 Å². The SMILES string of the molecule is C=CC.CC.[B]C(O)(O)C1=CC(c2c(OC)cc(CCCCC)cc2OC)CCC1. The second-order valence-electron chi connectivity index (χ2n) is 7.20. The van der Waals surface area contributed by atoms with E-state index in [1.165, 1.54) is 18.4 Å². The minimum Gasteiger partial charge on any atom is -0.496 e. The summed E-state index contributed by atoms with van der Waals surface area (Å²) in [6.07, 6.45) is 10.4. The van der Waals surface area contributed by atoms with Crippen LogP contribution in [0.3, 0.4) is 0 Å². The molecule has 168 valence electrons. The van der Waals surface area contributed by atoms with Gasteiger partial charge in [0.25, 0.3) is 0 Å². The molecule has 1 aliphatic rings. The first-order chi connectivity index (χ1) is 14.3. The molecule has 1 aliphatic carbocycles. The van der Waals surface area contributed by atoms with E-state index in [-0.39, 0.29) is 5.92 Å². The molecule has 1 unspecified atom stereocenters. The molecule has 1 atom stereocenters. The fourth-order valence-electron chi connectivity index (χ4n) is 3.54. The van der Waals surface area contributed by atoms with Crippen molar-refractivity contribution >= 4 is 7.85 Å². The van der Waals surface area contributed by atoms with E-state index in [0.717, 1.165) is 42.7 Å². The molecular formula is C25H41BO4. The van der Waals surface area contributed by atoms with Crippen LogP contribution in [0.2, 0.25) is 0 Å². The molecule has 1 aromatic rings. The minimum atomic E-state index is -2.26. The number of aliphatic hydroxyl groups is 2. The largest absolute Gasteiger partial charge is 0.496 e. The maximum absolute atomic E-state index is 9.73. The van der Waals surface area contributed by atoms with Gasteiger partial charge in [-0.05, 0) is 62.3 Å². The number of methoxy groups -OCH3 is 2. The first kappa shape index (κ1) is 28.3. The van der Waals surface area contributed by atoms with Gasteiger partial charge >= 0.3 is 0 Å². The number of rotatable bonds is 8. The van der Waals surface area contributed by atoms with Crippen molar-refractivity contribution in [2.24, 2.45) is 0 Å². The third kappa shape index (κ3) is 8.97. The lowest BCUT2D eigenvalue weighted by molar-refractivity contribution is -0.0556. The molecule has 4 nitrogen and oxygen atoms in total. The molecule has 0 heterocycles. The Balaban J connectivity index is 0.00000154. The lowest BCUT2D eigenvalue weighted by Gasteiger charge is -2.29. The zero-order chi connectivity index (χ0) is 23.2. The molecule has 2 N–H and O–H groups in total. The van der Waals surface area contributed by atoms with Gasteiger partial charge in [0.15, 0.2) is 7.85 Å². The molecule has 0 aromatic heterocycles. The van der Waals surface area contributed by atoms with Crippen LogP contribution in [0.4, 0.5) is 0 Å². The highest BCUT2D eigenvalue weighted by molar-refractivity contribution is 6.15. The van der Waals surface area contributed by atoms with E-state index in [1.807, 2.05) is 26.8 Å². The predicted molar refractivity (Wildman–Crippen MR) is 128 cm³/mol. The summed E-state index contributed by atoms with van der Waals surface area (Å²) in [7, 11) is 8.78. The van der Waals surface area contributed by atoms with Gasteiger partial charge in [-0.25, -0.2) is 0 Å². The monoisotopic (exact) mass is 416 g/mol. The fourth-order valence-corrected chi connectivity index (χ4v) is 3.54. The first-order valence-electron chi connectivity index (χ1n) is 11.1. The number of ether oxygens (including phenoxy) is 2. The van der Waals surface area contributed by atoms with E-state index >= 15 is 0 Å². The van der Waals surface area contributed by atoms with Gasteiger partial charge in [0.1, 0.15) is 17.2 Å². The van der Waals surface area contributed by atoms with Gasteiger partial charge in [-0.3, -0.25) is 0 Å². The van der Waals surface area contributed by atoms with E-state index in [9.17, 15) is 10.2 Å². The number of hydrogen-bond acceptors (Lipinski definition) is 4. The normalized spacial score (nSPS) is 15.6. The lowest BCUT2D eigenvalue weighted by Crippen LogP contribution is -2.32. The van der Waals surface area contributed by atoms with Crippen molar-refractivity contribution in [3.8, 4) is 11.5 Å². The summed E-state index contributed by atoms with van der Waals surface area (Å²) in [6.45, 7) is 11.4. The third-order valence-corrected chi connectivity index (χ3v) is 4.88. The molecule has 0 bridgehead atoms. The van der Waals surface area contributed by atoms with Crippen LogP contribution in [-0.4, -0.2) is 38.0 Å². The fraction of sp³-hybridized carbons (Fsp3) is 0.600. The molecule has 0 spiro atoms. The average molecular weight is 416 g/mol. The summed E-state index contributed by atoms with van der Waals surface area (Å²) in [5.74, 6) is 1.55. The van der Waals surface area contributed by atoms with Crippen LogP contribution in [0, 0.1) is 0 Å². The first-order valence-corrected chi connectivity index (χ1v) is 11.1. The average Bonchev–Trinajstić information content (AvgIpc) is 2.74. The van der Waals surface area contributed by atoms with Gasteiger partial charge < -0.3 is 19.7 Å². The standard InChI is InChI=1S/C20H29BO4.C3H6.C2H6/c1-4-5-6-8-14-11-17(24-2)19(18(12-14)25-3)15-9-7-10-16(13-15)20(21,22)23;1-3-2;1-2/h11-13,15,22-23H,4-10H2,1-3H3;3H,1H2,2H3;1-2H3. The Morgan fingerprint density at radius 1 is 1.17 bits per heavy atom. The Morgan fingerprint density at radius 3 is 2.13 bits per heavy atom. The second-order valence-corrected chi connectivity index (χ2v) is 7.20. The molecule has 30 heavy (non-hydrogen) atoms. The lowest BCUT2D eigenvalue weighted by atomic mass is 9.76. The number of allylic oxidation sites excluding steroid dienone is 2. The number of hydrogen-bond donors (Lipinski definition) is 2. The van der Waals surface area contributed by atoms with Gasteiger partial charge in [-0.2, -0.15) is 0 Å². The Hall–Kier alpha value is -1.72. The summed E-state index contributed by atoms with van der Waals surface area (Å²) in [5.41, 5.74) is 0.327. The van der Waals surface area contributed by atoms with E-state index in [0.29, 0.717) is 12.0 Å². The summed E-state index contributed by atoms with van der Waals surface area (Å²) in [5, 5.41) is 19.5. The maximum atomic E-state index is 9.73. The highest BCUT2D eigenvalue weighted by atomic mass is 16.5. The molecule has 5 heteroatoms. The van der Waals surface area contributed by atoms with Crippen molar-refractivity contribution in [2.75, 3.05) is 14.2 Å². The van der Waals surface area contributed by atoms with Gasteiger partial charge in [0.05, 0.1) is 14.2 Å². The molecule has 0 saturated heterocycles. The van der Waals surface area contributed by atoms with Crippen molar-refractivity contribution in [3.05, 3.63) is 47.6 Å². The second kappa shape index (κ2) is 15.1. The summed E-state index contributed by atoms with van der Waals surface area (Å²) in [4.78, 5) is 0.